The number of hydrogen-bond donors (Lipinski definition) is 2. The number of nitrogens with zero attached hydrogens (tertiary/aromatic N) is 1. The minimum absolute atomic E-state index is 0. The predicted octanol–water partition coefficient (Wildman–Crippen LogP) is 1.24. The Bertz CT molecular complexity index is 285. The summed E-state index contributed by atoms with van der Waals surface area (Å²) in [5.41, 5.74) is 6.47. The van der Waals surface area contributed by atoms with E-state index in [1.54, 1.807) is 0 Å². The molecule has 2 saturated carbocycles. The Morgan fingerprint density at radius 3 is 2.88 bits per heavy atom. The van der Waals surface area contributed by atoms with Crippen molar-refractivity contribution in [3.8, 4) is 0 Å². The zero-order valence-electron chi connectivity index (χ0n) is 9.45. The van der Waals surface area contributed by atoms with Crippen LogP contribution in [0, 0.1) is 5.41 Å². The summed E-state index contributed by atoms with van der Waals surface area (Å²) >= 11 is 0. The molecule has 0 aromatic carbocycles. The number of hydrogen-bond acceptors (Lipinski definition) is 2. The second-order valence-electron chi connectivity index (χ2n) is 5.12. The maximum atomic E-state index is 5.82. The summed E-state index contributed by atoms with van der Waals surface area (Å²) in [5.74, 6) is 0.610. The number of aliphatic imine (C=N–C) groups is 1. The SMILES string of the molecule is I.NC(=NCC1CCCO1)NC1CC12CC2. The first-order valence-electron chi connectivity index (χ1n) is 5.97. The third-order valence-electron chi connectivity index (χ3n) is 3.89. The number of ether oxygens (including phenoxy) is 1. The van der Waals surface area contributed by atoms with Gasteiger partial charge in [-0.25, -0.2) is 0 Å². The smallest absolute Gasteiger partial charge is 0.188 e. The average Bonchev–Trinajstić information content (AvgIpc) is 3.07. The highest BCUT2D eigenvalue weighted by molar-refractivity contribution is 14.0. The number of guanidine groups is 1. The normalized spacial score (nSPS) is 34.6. The molecule has 4 nitrogen and oxygen atoms in total. The van der Waals surface area contributed by atoms with Crippen molar-refractivity contribution in [1.29, 1.82) is 0 Å². The lowest BCUT2D eigenvalue weighted by Gasteiger charge is -2.07. The van der Waals surface area contributed by atoms with Gasteiger partial charge in [0.05, 0.1) is 12.6 Å². The Labute approximate surface area is 113 Å². The fourth-order valence-electron chi connectivity index (χ4n) is 2.48. The average molecular weight is 337 g/mol. The molecule has 3 aliphatic rings. The van der Waals surface area contributed by atoms with Gasteiger partial charge in [0, 0.05) is 12.6 Å². The van der Waals surface area contributed by atoms with Crippen molar-refractivity contribution in [1.82, 2.24) is 5.32 Å². The van der Waals surface area contributed by atoms with Gasteiger partial charge in [-0.15, -0.1) is 24.0 Å². The van der Waals surface area contributed by atoms with Crippen LogP contribution < -0.4 is 11.1 Å². The minimum Gasteiger partial charge on any atom is -0.376 e. The van der Waals surface area contributed by atoms with E-state index in [-0.39, 0.29) is 24.0 Å². The van der Waals surface area contributed by atoms with Crippen LogP contribution in [0.2, 0.25) is 0 Å². The number of rotatable bonds is 3. The van der Waals surface area contributed by atoms with Crippen LogP contribution in [-0.2, 0) is 4.74 Å². The molecule has 2 atom stereocenters. The van der Waals surface area contributed by atoms with Gasteiger partial charge < -0.3 is 15.8 Å². The van der Waals surface area contributed by atoms with E-state index in [0.717, 1.165) is 19.6 Å². The van der Waals surface area contributed by atoms with E-state index in [0.29, 0.717) is 23.5 Å². The number of halogens is 1. The summed E-state index contributed by atoms with van der Waals surface area (Å²) in [4.78, 5) is 4.34. The molecule has 0 radical (unpaired) electrons. The largest absolute Gasteiger partial charge is 0.376 e. The highest BCUT2D eigenvalue weighted by Gasteiger charge is 2.63. The van der Waals surface area contributed by atoms with Crippen LogP contribution in [0.5, 0.6) is 0 Å². The van der Waals surface area contributed by atoms with Crippen LogP contribution in [0.3, 0.4) is 0 Å². The Kier molecular flexibility index (Phi) is 3.63. The Balaban J connectivity index is 0.000000963. The molecule has 1 saturated heterocycles. The second kappa shape index (κ2) is 4.68. The molecule has 2 unspecified atom stereocenters. The van der Waals surface area contributed by atoms with E-state index >= 15 is 0 Å². The first kappa shape index (κ1) is 12.4. The summed E-state index contributed by atoms with van der Waals surface area (Å²) in [6.07, 6.45) is 6.65. The van der Waals surface area contributed by atoms with Gasteiger partial charge in [0.15, 0.2) is 5.96 Å². The quantitative estimate of drug-likeness (QED) is 0.463. The van der Waals surface area contributed by atoms with Gasteiger partial charge in [-0.1, -0.05) is 0 Å². The Hall–Kier alpha value is -0.0400. The van der Waals surface area contributed by atoms with Gasteiger partial charge in [0.2, 0.25) is 0 Å². The highest BCUT2D eigenvalue weighted by Crippen LogP contribution is 2.65. The molecule has 0 aromatic rings. The van der Waals surface area contributed by atoms with Gasteiger partial charge >= 0.3 is 0 Å². The molecule has 16 heavy (non-hydrogen) atoms. The van der Waals surface area contributed by atoms with Crippen LogP contribution in [-0.4, -0.2) is 31.3 Å². The molecule has 3 fully saturated rings. The molecule has 5 heteroatoms. The van der Waals surface area contributed by atoms with Gasteiger partial charge in [-0.2, -0.15) is 0 Å². The first-order valence-corrected chi connectivity index (χ1v) is 5.97. The van der Waals surface area contributed by atoms with E-state index in [1.165, 1.54) is 25.7 Å². The molecule has 0 aromatic heterocycles. The van der Waals surface area contributed by atoms with Crippen molar-refractivity contribution in [2.45, 2.75) is 44.2 Å². The predicted molar refractivity (Wildman–Crippen MR) is 74.1 cm³/mol. The highest BCUT2D eigenvalue weighted by atomic mass is 127. The summed E-state index contributed by atoms with van der Waals surface area (Å²) < 4.78 is 5.49. The number of nitrogens with one attached hydrogen (secondary N) is 1. The second-order valence-corrected chi connectivity index (χ2v) is 5.12. The molecule has 0 bridgehead atoms. The van der Waals surface area contributed by atoms with Crippen LogP contribution in [0.15, 0.2) is 4.99 Å². The van der Waals surface area contributed by atoms with E-state index in [1.807, 2.05) is 0 Å². The molecule has 0 amide bonds. The van der Waals surface area contributed by atoms with Gasteiger partial charge in [-0.3, -0.25) is 4.99 Å². The standard InChI is InChI=1S/C11H19N3O.HI/c12-10(13-7-8-2-1-5-15-8)14-9-6-11(9)3-4-11;/h8-9H,1-7H2,(H3,12,13,14);1H. The van der Waals surface area contributed by atoms with Crippen LogP contribution >= 0.6 is 24.0 Å². The van der Waals surface area contributed by atoms with Crippen LogP contribution in [0.4, 0.5) is 0 Å². The molecule has 1 spiro atoms. The van der Waals surface area contributed by atoms with E-state index < -0.39 is 0 Å². The summed E-state index contributed by atoms with van der Waals surface area (Å²) in [6, 6.07) is 0.616. The van der Waals surface area contributed by atoms with Crippen LogP contribution in [0.1, 0.15) is 32.1 Å². The zero-order chi connectivity index (χ0) is 10.3. The molecular weight excluding hydrogens is 317 g/mol. The molecular formula is C11H20IN3O. The topological polar surface area (TPSA) is 59.6 Å². The Morgan fingerprint density at radius 1 is 1.50 bits per heavy atom. The fourth-order valence-corrected chi connectivity index (χ4v) is 2.48. The maximum Gasteiger partial charge on any atom is 0.188 e. The zero-order valence-corrected chi connectivity index (χ0v) is 11.8. The Morgan fingerprint density at radius 2 is 2.31 bits per heavy atom. The lowest BCUT2D eigenvalue weighted by Crippen LogP contribution is -2.35. The van der Waals surface area contributed by atoms with E-state index in [9.17, 15) is 0 Å². The van der Waals surface area contributed by atoms with Crippen molar-refractivity contribution < 1.29 is 4.74 Å². The lowest BCUT2D eigenvalue weighted by atomic mass is 10.2. The first-order chi connectivity index (χ1) is 7.28. The molecule has 1 heterocycles. The van der Waals surface area contributed by atoms with Gasteiger partial charge in [-0.05, 0) is 37.5 Å². The van der Waals surface area contributed by atoms with E-state index in [2.05, 4.69) is 10.3 Å². The van der Waals surface area contributed by atoms with Crippen LogP contribution in [0.25, 0.3) is 0 Å². The van der Waals surface area contributed by atoms with Crippen molar-refractivity contribution in [2.24, 2.45) is 16.1 Å². The number of nitrogens with two attached hydrogens (primary N) is 1. The van der Waals surface area contributed by atoms with E-state index in [4.69, 9.17) is 10.5 Å². The van der Waals surface area contributed by atoms with Crippen molar-refractivity contribution in [2.75, 3.05) is 13.2 Å². The monoisotopic (exact) mass is 337 g/mol. The summed E-state index contributed by atoms with van der Waals surface area (Å²) in [5, 5.41) is 3.30. The summed E-state index contributed by atoms with van der Waals surface area (Å²) in [7, 11) is 0. The van der Waals surface area contributed by atoms with Crippen molar-refractivity contribution in [3.05, 3.63) is 0 Å². The summed E-state index contributed by atoms with van der Waals surface area (Å²) in [6.45, 7) is 1.61. The van der Waals surface area contributed by atoms with Gasteiger partial charge in [0.25, 0.3) is 0 Å². The van der Waals surface area contributed by atoms with Gasteiger partial charge in [0.1, 0.15) is 0 Å². The minimum atomic E-state index is 0. The molecule has 1 aliphatic heterocycles. The lowest BCUT2D eigenvalue weighted by molar-refractivity contribution is 0.117. The molecule has 3 N–H and O–H groups in total. The van der Waals surface area contributed by atoms with Crippen molar-refractivity contribution in [3.63, 3.8) is 0 Å². The third-order valence-corrected chi connectivity index (χ3v) is 3.89. The third kappa shape index (κ3) is 2.61. The molecule has 3 rings (SSSR count). The maximum absolute atomic E-state index is 5.82. The van der Waals surface area contributed by atoms with Crippen molar-refractivity contribution >= 4 is 29.9 Å². The molecule has 92 valence electrons. The fraction of sp³-hybridized carbons (Fsp3) is 0.909. The molecule has 2 aliphatic carbocycles.